The predicted molar refractivity (Wildman–Crippen MR) is 104 cm³/mol. The molecule has 0 atom stereocenters. The monoisotopic (exact) mass is 376 g/mol. The summed E-state index contributed by atoms with van der Waals surface area (Å²) in [5, 5.41) is 2.78. The first-order valence-corrected chi connectivity index (χ1v) is 10.2. The topological polar surface area (TPSA) is 75.7 Å². The van der Waals surface area contributed by atoms with E-state index in [1.165, 1.54) is 4.31 Å². The van der Waals surface area contributed by atoms with Crippen molar-refractivity contribution in [2.45, 2.75) is 20.3 Å². The Bertz CT molecular complexity index is 848. The smallest absolute Gasteiger partial charge is 0.232 e. The summed E-state index contributed by atoms with van der Waals surface area (Å²) < 4.78 is 31.2. The first kappa shape index (κ1) is 19.8. The number of hydrogen-bond donors (Lipinski definition) is 1. The second-order valence-electron chi connectivity index (χ2n) is 5.90. The minimum atomic E-state index is -3.56. The van der Waals surface area contributed by atoms with Crippen molar-refractivity contribution in [2.24, 2.45) is 0 Å². The molecule has 26 heavy (non-hydrogen) atoms. The van der Waals surface area contributed by atoms with E-state index in [2.05, 4.69) is 5.32 Å². The molecule has 0 heterocycles. The van der Waals surface area contributed by atoms with Gasteiger partial charge in [0, 0.05) is 18.7 Å². The molecule has 7 heteroatoms. The Balaban J connectivity index is 2.12. The average molecular weight is 376 g/mol. The van der Waals surface area contributed by atoms with Crippen LogP contribution < -0.4 is 14.4 Å². The molecule has 0 saturated carbocycles. The highest BCUT2D eigenvalue weighted by Crippen LogP contribution is 2.30. The molecule has 0 saturated heterocycles. The number of amides is 1. The van der Waals surface area contributed by atoms with Gasteiger partial charge in [0.2, 0.25) is 15.9 Å². The van der Waals surface area contributed by atoms with Crippen LogP contribution in [0.4, 0.5) is 11.4 Å². The summed E-state index contributed by atoms with van der Waals surface area (Å²) in [7, 11) is -3.56. The second-order valence-corrected chi connectivity index (χ2v) is 7.81. The quantitative estimate of drug-likeness (QED) is 0.768. The van der Waals surface area contributed by atoms with Crippen molar-refractivity contribution in [1.82, 2.24) is 0 Å². The summed E-state index contributed by atoms with van der Waals surface area (Å²) >= 11 is 0. The highest BCUT2D eigenvalue weighted by Gasteiger charge is 2.21. The van der Waals surface area contributed by atoms with Gasteiger partial charge in [0.1, 0.15) is 5.75 Å². The van der Waals surface area contributed by atoms with Crippen molar-refractivity contribution >= 4 is 27.3 Å². The SMILES string of the molecule is CCOc1ccccc1N(CCC(=O)Nc1ccc(C)cc1)S(C)(=O)=O. The standard InChI is InChI=1S/C19H24N2O4S/c1-4-25-18-8-6-5-7-17(18)21(26(3,23)24)14-13-19(22)20-16-11-9-15(2)10-12-16/h5-12H,4,13-14H2,1-3H3,(H,20,22). The first-order valence-electron chi connectivity index (χ1n) is 8.37. The summed E-state index contributed by atoms with van der Waals surface area (Å²) in [6, 6.07) is 14.3. The van der Waals surface area contributed by atoms with Gasteiger partial charge in [-0.05, 0) is 38.1 Å². The Morgan fingerprint density at radius 3 is 2.38 bits per heavy atom. The number of nitrogens with one attached hydrogen (secondary N) is 1. The third kappa shape index (κ3) is 5.49. The number of hydrogen-bond acceptors (Lipinski definition) is 4. The van der Waals surface area contributed by atoms with Gasteiger partial charge in [-0.3, -0.25) is 9.10 Å². The van der Waals surface area contributed by atoms with E-state index in [0.29, 0.717) is 23.7 Å². The zero-order valence-corrected chi connectivity index (χ0v) is 16.0. The highest BCUT2D eigenvalue weighted by molar-refractivity contribution is 7.92. The number of aryl methyl sites for hydroxylation is 1. The van der Waals surface area contributed by atoms with E-state index in [1.807, 2.05) is 38.1 Å². The molecule has 6 nitrogen and oxygen atoms in total. The zero-order chi connectivity index (χ0) is 19.2. The summed E-state index contributed by atoms with van der Waals surface area (Å²) in [5.41, 5.74) is 2.21. The largest absolute Gasteiger partial charge is 0.492 e. The van der Waals surface area contributed by atoms with Gasteiger partial charge in [-0.2, -0.15) is 0 Å². The Hall–Kier alpha value is -2.54. The van der Waals surface area contributed by atoms with Crippen molar-refractivity contribution in [3.8, 4) is 5.75 Å². The maximum absolute atomic E-state index is 12.2. The number of benzene rings is 2. The molecular formula is C19H24N2O4S. The molecule has 1 amide bonds. The molecule has 2 aromatic carbocycles. The highest BCUT2D eigenvalue weighted by atomic mass is 32.2. The number of anilines is 2. The Morgan fingerprint density at radius 2 is 1.77 bits per heavy atom. The van der Waals surface area contributed by atoms with Gasteiger partial charge < -0.3 is 10.1 Å². The molecule has 2 rings (SSSR count). The molecule has 0 aliphatic carbocycles. The van der Waals surface area contributed by atoms with Crippen molar-refractivity contribution < 1.29 is 17.9 Å². The third-order valence-corrected chi connectivity index (χ3v) is 4.89. The average Bonchev–Trinajstić information content (AvgIpc) is 2.57. The lowest BCUT2D eigenvalue weighted by Crippen LogP contribution is -2.33. The van der Waals surface area contributed by atoms with Crippen molar-refractivity contribution in [1.29, 1.82) is 0 Å². The maximum Gasteiger partial charge on any atom is 0.232 e. The van der Waals surface area contributed by atoms with Crippen LogP contribution in [-0.2, 0) is 14.8 Å². The fourth-order valence-corrected chi connectivity index (χ4v) is 3.40. The van der Waals surface area contributed by atoms with Gasteiger partial charge in [-0.15, -0.1) is 0 Å². The Kier molecular flexibility index (Phi) is 6.63. The first-order chi connectivity index (χ1) is 12.3. The molecular weight excluding hydrogens is 352 g/mol. The van der Waals surface area contributed by atoms with Crippen molar-refractivity contribution in [2.75, 3.05) is 29.0 Å². The number of rotatable bonds is 8. The molecule has 1 N–H and O–H groups in total. The van der Waals surface area contributed by atoms with Crippen LogP contribution in [0.3, 0.4) is 0 Å². The molecule has 0 spiro atoms. The van der Waals surface area contributed by atoms with Crippen LogP contribution in [-0.4, -0.2) is 33.7 Å². The van der Waals surface area contributed by atoms with Gasteiger partial charge in [0.15, 0.2) is 0 Å². The summed E-state index contributed by atoms with van der Waals surface area (Å²) in [6.45, 7) is 4.24. The second kappa shape index (κ2) is 8.71. The van der Waals surface area contributed by atoms with E-state index < -0.39 is 10.0 Å². The number of sulfonamides is 1. The molecule has 0 aromatic heterocycles. The van der Waals surface area contributed by atoms with E-state index in [1.54, 1.807) is 24.3 Å². The summed E-state index contributed by atoms with van der Waals surface area (Å²) in [5.74, 6) is 0.218. The van der Waals surface area contributed by atoms with Crippen molar-refractivity contribution in [3.05, 3.63) is 54.1 Å². The molecule has 0 aliphatic heterocycles. The minimum Gasteiger partial charge on any atom is -0.492 e. The van der Waals surface area contributed by atoms with Crippen LogP contribution in [0.5, 0.6) is 5.75 Å². The lowest BCUT2D eigenvalue weighted by atomic mass is 10.2. The van der Waals surface area contributed by atoms with Gasteiger partial charge in [-0.1, -0.05) is 29.8 Å². The number of carbonyl (C=O) groups excluding carboxylic acids is 1. The molecule has 0 unspecified atom stereocenters. The fraction of sp³-hybridized carbons (Fsp3) is 0.316. The number of nitrogens with zero attached hydrogens (tertiary/aromatic N) is 1. The van der Waals surface area contributed by atoms with Gasteiger partial charge in [0.05, 0.1) is 18.6 Å². The van der Waals surface area contributed by atoms with E-state index in [9.17, 15) is 13.2 Å². The van der Waals surface area contributed by atoms with Gasteiger partial charge >= 0.3 is 0 Å². The van der Waals surface area contributed by atoms with Gasteiger partial charge in [0.25, 0.3) is 0 Å². The van der Waals surface area contributed by atoms with E-state index in [-0.39, 0.29) is 18.9 Å². The summed E-state index contributed by atoms with van der Waals surface area (Å²) in [4.78, 5) is 12.2. The van der Waals surface area contributed by atoms with Crippen LogP contribution in [0.1, 0.15) is 18.9 Å². The van der Waals surface area contributed by atoms with E-state index in [0.717, 1.165) is 11.8 Å². The van der Waals surface area contributed by atoms with Crippen LogP contribution in [0.15, 0.2) is 48.5 Å². The minimum absolute atomic E-state index is 0.0284. The van der Waals surface area contributed by atoms with Crippen molar-refractivity contribution in [3.63, 3.8) is 0 Å². The maximum atomic E-state index is 12.2. The van der Waals surface area contributed by atoms with Crippen LogP contribution in [0.2, 0.25) is 0 Å². The molecule has 140 valence electrons. The number of para-hydroxylation sites is 2. The van der Waals surface area contributed by atoms with E-state index >= 15 is 0 Å². The lowest BCUT2D eigenvalue weighted by molar-refractivity contribution is -0.116. The Labute approximate surface area is 154 Å². The molecule has 0 aliphatic rings. The predicted octanol–water partition coefficient (Wildman–Crippen LogP) is 3.19. The normalized spacial score (nSPS) is 11.0. The molecule has 0 fully saturated rings. The number of ether oxygens (including phenoxy) is 1. The molecule has 0 bridgehead atoms. The number of carbonyl (C=O) groups is 1. The lowest BCUT2D eigenvalue weighted by Gasteiger charge is -2.24. The fourth-order valence-electron chi connectivity index (χ4n) is 2.47. The van der Waals surface area contributed by atoms with Crippen LogP contribution in [0.25, 0.3) is 0 Å². The van der Waals surface area contributed by atoms with Crippen LogP contribution >= 0.6 is 0 Å². The molecule has 2 aromatic rings. The van der Waals surface area contributed by atoms with Gasteiger partial charge in [-0.25, -0.2) is 8.42 Å². The molecule has 0 radical (unpaired) electrons. The van der Waals surface area contributed by atoms with E-state index in [4.69, 9.17) is 4.74 Å². The Morgan fingerprint density at radius 1 is 1.12 bits per heavy atom. The summed E-state index contributed by atoms with van der Waals surface area (Å²) in [6.07, 6.45) is 1.15. The zero-order valence-electron chi connectivity index (χ0n) is 15.2. The van der Waals surface area contributed by atoms with Crippen LogP contribution in [0, 0.1) is 6.92 Å². The third-order valence-electron chi connectivity index (χ3n) is 3.71.